The highest BCUT2D eigenvalue weighted by atomic mass is 16.5. The van der Waals surface area contributed by atoms with Crippen LogP contribution in [0.5, 0.6) is 11.8 Å². The van der Waals surface area contributed by atoms with Crippen LogP contribution in [0.15, 0.2) is 36.7 Å². The Hall–Kier alpha value is -3.16. The van der Waals surface area contributed by atoms with E-state index in [2.05, 4.69) is 9.97 Å². The first-order chi connectivity index (χ1) is 13.5. The first-order valence-electron chi connectivity index (χ1n) is 9.10. The molecule has 8 heteroatoms. The molecule has 2 heterocycles. The van der Waals surface area contributed by atoms with Crippen LogP contribution in [0.2, 0.25) is 0 Å². The molecule has 1 aromatic carbocycles. The van der Waals surface area contributed by atoms with Crippen molar-refractivity contribution in [2.45, 2.75) is 12.8 Å². The second kappa shape index (κ2) is 8.69. The molecule has 1 aromatic heterocycles. The van der Waals surface area contributed by atoms with Gasteiger partial charge in [-0.3, -0.25) is 9.69 Å². The Labute approximate surface area is 164 Å². The maximum Gasteiger partial charge on any atom is 0.324 e. The second-order valence-corrected chi connectivity index (χ2v) is 6.62. The van der Waals surface area contributed by atoms with Crippen molar-refractivity contribution in [1.29, 1.82) is 0 Å². The number of hydrogen-bond acceptors (Lipinski definition) is 6. The van der Waals surface area contributed by atoms with Crippen LogP contribution in [-0.4, -0.2) is 61.0 Å². The summed E-state index contributed by atoms with van der Waals surface area (Å²) in [7, 11) is 4.77. The molecule has 0 aliphatic carbocycles. The zero-order valence-corrected chi connectivity index (χ0v) is 16.3. The van der Waals surface area contributed by atoms with E-state index in [0.29, 0.717) is 37.2 Å². The number of nitrogens with zero attached hydrogens (tertiary/aromatic N) is 4. The number of hydrogen-bond donors (Lipinski definition) is 0. The van der Waals surface area contributed by atoms with Crippen molar-refractivity contribution in [2.75, 3.05) is 39.3 Å². The average Bonchev–Trinajstić information content (AvgIpc) is 2.78. The fourth-order valence-electron chi connectivity index (χ4n) is 3.23. The number of rotatable bonds is 5. The quantitative estimate of drug-likeness (QED) is 0.737. The third-order valence-electron chi connectivity index (χ3n) is 4.98. The van der Waals surface area contributed by atoms with Crippen LogP contribution in [0.4, 0.5) is 10.5 Å². The summed E-state index contributed by atoms with van der Waals surface area (Å²) in [4.78, 5) is 36.8. The monoisotopic (exact) mass is 384 g/mol. The van der Waals surface area contributed by atoms with Gasteiger partial charge in [0.1, 0.15) is 5.75 Å². The molecule has 0 saturated carbocycles. The summed E-state index contributed by atoms with van der Waals surface area (Å²) in [5.41, 5.74) is 1.26. The Balaban J connectivity index is 1.57. The lowest BCUT2D eigenvalue weighted by molar-refractivity contribution is 0.0857. The summed E-state index contributed by atoms with van der Waals surface area (Å²) in [6, 6.07) is 7.27. The number of likely N-dealkylation sites (tertiary alicyclic amines) is 1. The number of benzene rings is 1. The zero-order chi connectivity index (χ0) is 20.1. The molecule has 1 aliphatic heterocycles. The molecule has 0 radical (unpaired) electrons. The molecule has 148 valence electrons. The number of methoxy groups -OCH3 is 2. The van der Waals surface area contributed by atoms with E-state index < -0.39 is 0 Å². The Kier molecular flexibility index (Phi) is 6.08. The van der Waals surface area contributed by atoms with Crippen molar-refractivity contribution in [3.8, 4) is 11.8 Å². The number of Topliss-reactive ketones (excluding diaryl/α,β-unsaturated/α-hetero) is 1. The lowest BCUT2D eigenvalue weighted by Gasteiger charge is -2.34. The van der Waals surface area contributed by atoms with Crippen molar-refractivity contribution >= 4 is 17.5 Å². The lowest BCUT2D eigenvalue weighted by atomic mass is 9.89. The van der Waals surface area contributed by atoms with E-state index in [-0.39, 0.29) is 23.7 Å². The molecular weight excluding hydrogens is 360 g/mol. The van der Waals surface area contributed by atoms with Crippen molar-refractivity contribution in [1.82, 2.24) is 14.9 Å². The Bertz CT molecular complexity index is 815. The number of ketones is 1. The SMILES string of the molecule is COc1ccc(C(=O)C2CCN(C(=O)N(C)c3cnc(OC)nc3)CC2)cc1. The molecule has 2 aromatic rings. The topological polar surface area (TPSA) is 84.9 Å². The largest absolute Gasteiger partial charge is 0.497 e. The van der Waals surface area contributed by atoms with Crippen LogP contribution in [-0.2, 0) is 0 Å². The maximum absolute atomic E-state index is 12.7. The summed E-state index contributed by atoms with van der Waals surface area (Å²) in [5.74, 6) is 0.765. The average molecular weight is 384 g/mol. The molecule has 8 nitrogen and oxygen atoms in total. The van der Waals surface area contributed by atoms with Gasteiger partial charge in [-0.25, -0.2) is 14.8 Å². The Morgan fingerprint density at radius 1 is 1.04 bits per heavy atom. The summed E-state index contributed by atoms with van der Waals surface area (Å²) in [6.45, 7) is 1.07. The fourth-order valence-corrected chi connectivity index (χ4v) is 3.23. The van der Waals surface area contributed by atoms with E-state index in [1.165, 1.54) is 12.0 Å². The summed E-state index contributed by atoms with van der Waals surface area (Å²) >= 11 is 0. The van der Waals surface area contributed by atoms with Crippen LogP contribution in [0.25, 0.3) is 0 Å². The molecule has 1 fully saturated rings. The van der Waals surface area contributed by atoms with Crippen LogP contribution in [0.1, 0.15) is 23.2 Å². The minimum absolute atomic E-state index is 0.0768. The van der Waals surface area contributed by atoms with E-state index >= 15 is 0 Å². The van der Waals surface area contributed by atoms with Crippen LogP contribution >= 0.6 is 0 Å². The molecular formula is C20H24N4O4. The first-order valence-corrected chi connectivity index (χ1v) is 9.10. The second-order valence-electron chi connectivity index (χ2n) is 6.62. The summed E-state index contributed by atoms with van der Waals surface area (Å²) in [6.07, 6.45) is 4.38. The van der Waals surface area contributed by atoms with Gasteiger partial charge in [-0.15, -0.1) is 0 Å². The van der Waals surface area contributed by atoms with Crippen molar-refractivity contribution < 1.29 is 19.1 Å². The molecule has 0 N–H and O–H groups in total. The number of carbonyl (C=O) groups is 2. The number of ether oxygens (including phenoxy) is 2. The third-order valence-corrected chi connectivity index (χ3v) is 4.98. The van der Waals surface area contributed by atoms with Gasteiger partial charge >= 0.3 is 12.0 Å². The van der Waals surface area contributed by atoms with Crippen LogP contribution in [0.3, 0.4) is 0 Å². The van der Waals surface area contributed by atoms with E-state index in [1.807, 2.05) is 0 Å². The van der Waals surface area contributed by atoms with Gasteiger partial charge < -0.3 is 14.4 Å². The van der Waals surface area contributed by atoms with Gasteiger partial charge in [-0.05, 0) is 37.1 Å². The number of piperidine rings is 1. The number of urea groups is 1. The van der Waals surface area contributed by atoms with E-state index in [1.54, 1.807) is 55.7 Å². The fraction of sp³-hybridized carbons (Fsp3) is 0.400. The van der Waals surface area contributed by atoms with Gasteiger partial charge in [0.15, 0.2) is 5.78 Å². The summed E-state index contributed by atoms with van der Waals surface area (Å²) < 4.78 is 10.1. The smallest absolute Gasteiger partial charge is 0.324 e. The predicted octanol–water partition coefficient (Wildman–Crippen LogP) is 2.64. The highest BCUT2D eigenvalue weighted by Gasteiger charge is 2.29. The Morgan fingerprint density at radius 3 is 2.18 bits per heavy atom. The maximum atomic E-state index is 12.7. The highest BCUT2D eigenvalue weighted by Crippen LogP contribution is 2.24. The molecule has 28 heavy (non-hydrogen) atoms. The molecule has 1 saturated heterocycles. The van der Waals surface area contributed by atoms with Crippen molar-refractivity contribution in [2.24, 2.45) is 5.92 Å². The Morgan fingerprint density at radius 2 is 1.64 bits per heavy atom. The number of amides is 2. The highest BCUT2D eigenvalue weighted by molar-refractivity contribution is 5.98. The summed E-state index contributed by atoms with van der Waals surface area (Å²) in [5, 5.41) is 0. The number of anilines is 1. The minimum Gasteiger partial charge on any atom is -0.497 e. The molecule has 0 spiro atoms. The van der Waals surface area contributed by atoms with Gasteiger partial charge in [-0.1, -0.05) is 0 Å². The van der Waals surface area contributed by atoms with Gasteiger partial charge in [-0.2, -0.15) is 0 Å². The van der Waals surface area contributed by atoms with Gasteiger partial charge in [0.05, 0.1) is 32.3 Å². The third kappa shape index (κ3) is 4.21. The lowest BCUT2D eigenvalue weighted by Crippen LogP contribution is -2.46. The molecule has 0 atom stereocenters. The molecule has 0 bridgehead atoms. The van der Waals surface area contributed by atoms with Crippen molar-refractivity contribution in [3.63, 3.8) is 0 Å². The predicted molar refractivity (Wildman–Crippen MR) is 104 cm³/mol. The standard InChI is InChI=1S/C20H24N4O4/c1-23(16-12-21-19(28-3)22-13-16)20(26)24-10-8-15(9-11-24)18(25)14-4-6-17(27-2)7-5-14/h4-7,12-13,15H,8-11H2,1-3H3. The zero-order valence-electron chi connectivity index (χ0n) is 16.3. The first kappa shape index (κ1) is 19.6. The van der Waals surface area contributed by atoms with E-state index in [9.17, 15) is 9.59 Å². The van der Waals surface area contributed by atoms with E-state index in [4.69, 9.17) is 9.47 Å². The minimum atomic E-state index is -0.135. The number of aromatic nitrogens is 2. The van der Waals surface area contributed by atoms with Crippen molar-refractivity contribution in [3.05, 3.63) is 42.2 Å². The number of carbonyl (C=O) groups excluding carboxylic acids is 2. The van der Waals surface area contributed by atoms with Gasteiger partial charge in [0, 0.05) is 31.6 Å². The van der Waals surface area contributed by atoms with E-state index in [0.717, 1.165) is 5.75 Å². The van der Waals surface area contributed by atoms with Crippen LogP contribution < -0.4 is 14.4 Å². The molecule has 2 amide bonds. The van der Waals surface area contributed by atoms with Crippen LogP contribution in [0, 0.1) is 5.92 Å². The van der Waals surface area contributed by atoms with Gasteiger partial charge in [0.2, 0.25) is 0 Å². The molecule has 0 unspecified atom stereocenters. The normalized spacial score (nSPS) is 14.5. The van der Waals surface area contributed by atoms with Gasteiger partial charge in [0.25, 0.3) is 0 Å². The molecule has 3 rings (SSSR count). The molecule has 1 aliphatic rings.